The van der Waals surface area contributed by atoms with Gasteiger partial charge in [-0.15, -0.1) is 0 Å². The summed E-state index contributed by atoms with van der Waals surface area (Å²) in [7, 11) is 0. The molecule has 0 fully saturated rings. The molecule has 0 N–H and O–H groups in total. The van der Waals surface area contributed by atoms with Gasteiger partial charge in [-0.1, -0.05) is 42.5 Å². The molecule has 0 unspecified atom stereocenters. The van der Waals surface area contributed by atoms with E-state index in [2.05, 4.69) is 59.4 Å². The highest BCUT2D eigenvalue weighted by Crippen LogP contribution is 2.50. The Balaban J connectivity index is 2.10. The molecule has 0 atom stereocenters. The van der Waals surface area contributed by atoms with Gasteiger partial charge in [0.15, 0.2) is 0 Å². The van der Waals surface area contributed by atoms with Gasteiger partial charge in [-0.05, 0) is 35.7 Å². The highest BCUT2D eigenvalue weighted by Gasteiger charge is 2.41. The quantitative estimate of drug-likeness (QED) is 0.663. The van der Waals surface area contributed by atoms with Gasteiger partial charge in [0.2, 0.25) is 0 Å². The second kappa shape index (κ2) is 4.01. The largest absolute Gasteiger partial charge is 0.254 e. The zero-order valence-corrected chi connectivity index (χ0v) is 11.2. The van der Waals surface area contributed by atoms with Gasteiger partial charge in [0, 0.05) is 17.8 Å². The smallest absolute Gasteiger partial charge is 0.0933 e. The van der Waals surface area contributed by atoms with Crippen molar-refractivity contribution in [2.24, 2.45) is 0 Å². The van der Waals surface area contributed by atoms with E-state index in [4.69, 9.17) is 0 Å². The molecule has 2 aromatic heterocycles. The van der Waals surface area contributed by atoms with Crippen LogP contribution in [-0.4, -0.2) is 9.97 Å². The molecule has 3 aromatic rings. The molecule has 0 saturated heterocycles. The second-order valence-electron chi connectivity index (χ2n) is 5.29. The van der Waals surface area contributed by atoms with Crippen molar-refractivity contribution >= 4 is 0 Å². The van der Waals surface area contributed by atoms with Gasteiger partial charge in [0.05, 0.1) is 11.4 Å². The maximum Gasteiger partial charge on any atom is 0.0933 e. The Kier molecular flexibility index (Phi) is 2.27. The van der Waals surface area contributed by atoms with Crippen LogP contribution in [0.15, 0.2) is 67.0 Å². The fourth-order valence-electron chi connectivity index (χ4n) is 3.22. The zero-order valence-electron chi connectivity index (χ0n) is 11.2. The van der Waals surface area contributed by atoms with Crippen LogP contribution in [-0.2, 0) is 5.41 Å². The third kappa shape index (κ3) is 1.33. The minimum absolute atomic E-state index is 0.172. The summed E-state index contributed by atoms with van der Waals surface area (Å²) in [5.41, 5.74) is 5.60. The number of nitrogens with zero attached hydrogens (tertiary/aromatic N) is 2. The third-order valence-corrected chi connectivity index (χ3v) is 4.27. The molecular formula is C18H14N2. The Hall–Kier alpha value is -2.48. The standard InChI is InChI=1S/C18H14N2/c1-18(13-7-3-2-4-8-13)14-9-5-11-19-16(14)17-15(18)10-6-12-20-17/h2-12H,1H3. The van der Waals surface area contributed by atoms with Crippen LogP contribution >= 0.6 is 0 Å². The molecule has 1 aromatic carbocycles. The number of hydrogen-bond donors (Lipinski definition) is 0. The highest BCUT2D eigenvalue weighted by molar-refractivity contribution is 5.77. The van der Waals surface area contributed by atoms with Gasteiger partial charge in [0.25, 0.3) is 0 Å². The highest BCUT2D eigenvalue weighted by atomic mass is 14.8. The predicted octanol–water partition coefficient (Wildman–Crippen LogP) is 3.81. The number of fused-ring (bicyclic) bond motifs is 3. The van der Waals surface area contributed by atoms with E-state index in [0.717, 1.165) is 11.4 Å². The molecule has 1 aliphatic carbocycles. The minimum atomic E-state index is -0.172. The topological polar surface area (TPSA) is 25.8 Å². The maximum absolute atomic E-state index is 4.56. The van der Waals surface area contributed by atoms with Crippen molar-refractivity contribution in [1.29, 1.82) is 0 Å². The molecule has 0 radical (unpaired) electrons. The molecule has 2 heterocycles. The van der Waals surface area contributed by atoms with Crippen LogP contribution in [0.3, 0.4) is 0 Å². The Morgan fingerprint density at radius 3 is 1.80 bits per heavy atom. The Bertz CT molecular complexity index is 733. The number of pyridine rings is 2. The monoisotopic (exact) mass is 258 g/mol. The second-order valence-corrected chi connectivity index (χ2v) is 5.29. The first-order chi connectivity index (χ1) is 9.82. The normalized spacial score (nSPS) is 14.7. The molecule has 1 aliphatic rings. The third-order valence-electron chi connectivity index (χ3n) is 4.27. The van der Waals surface area contributed by atoms with Crippen molar-refractivity contribution in [3.8, 4) is 11.4 Å². The van der Waals surface area contributed by atoms with Gasteiger partial charge in [-0.25, -0.2) is 0 Å². The van der Waals surface area contributed by atoms with E-state index in [9.17, 15) is 0 Å². The molecule has 0 amide bonds. The molecule has 2 nitrogen and oxygen atoms in total. The van der Waals surface area contributed by atoms with Crippen LogP contribution in [0.25, 0.3) is 11.4 Å². The van der Waals surface area contributed by atoms with Crippen LogP contribution in [0.5, 0.6) is 0 Å². The van der Waals surface area contributed by atoms with Crippen molar-refractivity contribution in [2.45, 2.75) is 12.3 Å². The number of aromatic nitrogens is 2. The average Bonchev–Trinajstić information content (AvgIpc) is 2.80. The summed E-state index contributed by atoms with van der Waals surface area (Å²) in [6, 6.07) is 18.9. The van der Waals surface area contributed by atoms with Crippen LogP contribution in [0, 0.1) is 0 Å². The molecule has 4 rings (SSSR count). The van der Waals surface area contributed by atoms with Crippen molar-refractivity contribution < 1.29 is 0 Å². The minimum Gasteiger partial charge on any atom is -0.254 e. The number of benzene rings is 1. The van der Waals surface area contributed by atoms with Crippen LogP contribution < -0.4 is 0 Å². The lowest BCUT2D eigenvalue weighted by molar-refractivity contribution is 0.711. The van der Waals surface area contributed by atoms with Crippen molar-refractivity contribution in [3.63, 3.8) is 0 Å². The summed E-state index contributed by atoms with van der Waals surface area (Å²) < 4.78 is 0. The van der Waals surface area contributed by atoms with Crippen molar-refractivity contribution in [1.82, 2.24) is 9.97 Å². The number of hydrogen-bond acceptors (Lipinski definition) is 2. The molecule has 0 saturated carbocycles. The lowest BCUT2D eigenvalue weighted by Gasteiger charge is -2.27. The van der Waals surface area contributed by atoms with Crippen LogP contribution in [0.2, 0.25) is 0 Å². The predicted molar refractivity (Wildman–Crippen MR) is 79.5 cm³/mol. The van der Waals surface area contributed by atoms with Crippen LogP contribution in [0.4, 0.5) is 0 Å². The SMILES string of the molecule is CC1(c2ccccc2)c2cccnc2-c2ncccc21. The van der Waals surface area contributed by atoms with E-state index in [1.54, 1.807) is 0 Å². The van der Waals surface area contributed by atoms with E-state index in [1.807, 2.05) is 24.5 Å². The lowest BCUT2D eigenvalue weighted by Crippen LogP contribution is -2.22. The van der Waals surface area contributed by atoms with Gasteiger partial charge in [-0.2, -0.15) is 0 Å². The molecule has 20 heavy (non-hydrogen) atoms. The number of rotatable bonds is 1. The first-order valence-corrected chi connectivity index (χ1v) is 6.78. The Labute approximate surface area is 118 Å². The molecular weight excluding hydrogens is 244 g/mol. The van der Waals surface area contributed by atoms with Crippen molar-refractivity contribution in [3.05, 3.63) is 83.7 Å². The summed E-state index contributed by atoms with van der Waals surface area (Å²) in [6.07, 6.45) is 3.68. The van der Waals surface area contributed by atoms with Gasteiger partial charge in [0.1, 0.15) is 0 Å². The van der Waals surface area contributed by atoms with Gasteiger partial charge >= 0.3 is 0 Å². The van der Waals surface area contributed by atoms with E-state index in [0.29, 0.717) is 0 Å². The molecule has 96 valence electrons. The Morgan fingerprint density at radius 2 is 1.25 bits per heavy atom. The van der Waals surface area contributed by atoms with E-state index in [-0.39, 0.29) is 5.41 Å². The van der Waals surface area contributed by atoms with Gasteiger partial charge in [-0.3, -0.25) is 9.97 Å². The first kappa shape index (κ1) is 11.4. The summed E-state index contributed by atoms with van der Waals surface area (Å²) in [5.74, 6) is 0. The average molecular weight is 258 g/mol. The fourth-order valence-corrected chi connectivity index (χ4v) is 3.22. The van der Waals surface area contributed by atoms with Gasteiger partial charge < -0.3 is 0 Å². The molecule has 0 bridgehead atoms. The maximum atomic E-state index is 4.56. The van der Waals surface area contributed by atoms with Crippen LogP contribution in [0.1, 0.15) is 23.6 Å². The van der Waals surface area contributed by atoms with Crippen molar-refractivity contribution in [2.75, 3.05) is 0 Å². The van der Waals surface area contributed by atoms with E-state index in [1.165, 1.54) is 16.7 Å². The summed E-state index contributed by atoms with van der Waals surface area (Å²) >= 11 is 0. The zero-order chi connectivity index (χ0) is 13.6. The molecule has 0 aliphatic heterocycles. The summed E-state index contributed by atoms with van der Waals surface area (Å²) in [4.78, 5) is 9.12. The van der Waals surface area contributed by atoms with E-state index >= 15 is 0 Å². The summed E-state index contributed by atoms with van der Waals surface area (Å²) in [5, 5.41) is 0. The first-order valence-electron chi connectivity index (χ1n) is 6.78. The molecule has 2 heteroatoms. The van der Waals surface area contributed by atoms with E-state index < -0.39 is 0 Å². The summed E-state index contributed by atoms with van der Waals surface area (Å²) in [6.45, 7) is 2.26. The lowest BCUT2D eigenvalue weighted by atomic mass is 9.75. The fraction of sp³-hybridized carbons (Fsp3) is 0.111. The Morgan fingerprint density at radius 1 is 0.700 bits per heavy atom. The molecule has 0 spiro atoms.